The van der Waals surface area contributed by atoms with E-state index in [2.05, 4.69) is 307 Å². The Morgan fingerprint density at radius 1 is 0.202 bits per heavy atom. The van der Waals surface area contributed by atoms with E-state index in [-0.39, 0.29) is 0 Å². The van der Waals surface area contributed by atoms with Crippen LogP contribution in [0.4, 0.5) is 0 Å². The van der Waals surface area contributed by atoms with Crippen molar-refractivity contribution in [3.05, 3.63) is 344 Å². The molecule has 0 amide bonds. The maximum atomic E-state index is 2.52. The third-order valence-electron chi connectivity index (χ3n) is 23.3. The molecule has 0 N–H and O–H groups in total. The van der Waals surface area contributed by atoms with Crippen LogP contribution < -0.4 is 0 Å². The Bertz CT molecular complexity index is 4120. The van der Waals surface area contributed by atoms with E-state index in [0.717, 1.165) is 25.7 Å². The Morgan fingerprint density at radius 2 is 0.433 bits per heavy atom. The second-order valence-electron chi connectivity index (χ2n) is 30.5. The van der Waals surface area contributed by atoms with Gasteiger partial charge in [-0.15, -0.1) is 0 Å². The van der Waals surface area contributed by atoms with E-state index < -0.39 is 10.8 Å². The van der Waals surface area contributed by atoms with Crippen molar-refractivity contribution in [3.63, 3.8) is 0 Å². The summed E-state index contributed by atoms with van der Waals surface area (Å²) in [5.74, 6) is 0. The molecule has 11 aromatic rings. The molecule has 0 fully saturated rings. The van der Waals surface area contributed by atoms with Gasteiger partial charge < -0.3 is 0 Å². The van der Waals surface area contributed by atoms with Crippen LogP contribution in [0.25, 0.3) is 68.8 Å². The standard InChI is InChI=1S/C104H114/c1-5-9-13-17-21-25-33-79-53-67-91(68-54-79)103(92-69-55-80(56-70-92)34-26-22-18-14-10-6-2)99-39-31-29-37-95(99)97-75-65-89(77-101(97)103)87-61-49-85(50-62-87)47-45-83-41-43-84(44-42-83)46-48-86-51-63-88(64-52-86)90-66-76-98-96-38-30-32-40-100(96)104(102(98)78-90,93-71-57-81(58-72-93)35-27-23-19-15-11-7-3)94-73-59-82(60-74-94)36-28-24-20-16-12-8-4/h29-32,37-78H,5-28,33-36H2,1-4H3/b47-45+,48-46+. The summed E-state index contributed by atoms with van der Waals surface area (Å²) in [6, 6.07) is 99.4. The molecule has 0 saturated carbocycles. The van der Waals surface area contributed by atoms with Gasteiger partial charge in [0.15, 0.2) is 0 Å². The summed E-state index contributed by atoms with van der Waals surface area (Å²) < 4.78 is 0. The average molecular weight is 1360 g/mol. The quantitative estimate of drug-likeness (QED) is 0.0267. The first-order valence-corrected chi connectivity index (χ1v) is 40.9. The van der Waals surface area contributed by atoms with Crippen LogP contribution in [0.2, 0.25) is 0 Å². The topological polar surface area (TPSA) is 0 Å². The Balaban J connectivity index is 0.704. The zero-order chi connectivity index (χ0) is 71.2. The summed E-state index contributed by atoms with van der Waals surface area (Å²) in [7, 11) is 0. The van der Waals surface area contributed by atoms with E-state index in [1.54, 1.807) is 0 Å². The molecule has 0 aromatic heterocycles. The summed E-state index contributed by atoms with van der Waals surface area (Å²) in [6.45, 7) is 9.21. The van der Waals surface area contributed by atoms with Gasteiger partial charge in [-0.25, -0.2) is 0 Å². The van der Waals surface area contributed by atoms with Crippen molar-refractivity contribution in [2.24, 2.45) is 0 Å². The van der Waals surface area contributed by atoms with E-state index in [1.165, 1.54) is 288 Å². The smallest absolute Gasteiger partial charge is 0.0654 e. The van der Waals surface area contributed by atoms with E-state index in [0.29, 0.717) is 0 Å². The average Bonchev–Trinajstić information content (AvgIpc) is 1.54. The van der Waals surface area contributed by atoms with Crippen LogP contribution in [0.15, 0.2) is 255 Å². The van der Waals surface area contributed by atoms with Crippen LogP contribution in [-0.4, -0.2) is 0 Å². The van der Waals surface area contributed by atoms with Gasteiger partial charge in [-0.2, -0.15) is 0 Å². The lowest BCUT2D eigenvalue weighted by atomic mass is 9.67. The molecule has 0 radical (unpaired) electrons. The fourth-order valence-corrected chi connectivity index (χ4v) is 17.3. The number of unbranched alkanes of at least 4 members (excludes halogenated alkanes) is 20. The normalized spacial score (nSPS) is 13.2. The molecule has 0 aliphatic heterocycles. The summed E-state index contributed by atoms with van der Waals surface area (Å²) >= 11 is 0. The zero-order valence-corrected chi connectivity index (χ0v) is 63.4. The first-order chi connectivity index (χ1) is 51.4. The molecule has 0 bridgehead atoms. The molecule has 530 valence electrons. The van der Waals surface area contributed by atoms with Crippen molar-refractivity contribution in [1.82, 2.24) is 0 Å². The molecule has 0 nitrogen and oxygen atoms in total. The molecule has 0 heterocycles. The van der Waals surface area contributed by atoms with Gasteiger partial charge in [0.2, 0.25) is 0 Å². The van der Waals surface area contributed by atoms with Crippen molar-refractivity contribution in [2.75, 3.05) is 0 Å². The monoisotopic (exact) mass is 1360 g/mol. The van der Waals surface area contributed by atoms with Crippen molar-refractivity contribution in [3.8, 4) is 44.5 Å². The maximum Gasteiger partial charge on any atom is 0.0713 e. The molecule has 11 aromatic carbocycles. The third-order valence-corrected chi connectivity index (χ3v) is 23.3. The van der Waals surface area contributed by atoms with Crippen LogP contribution in [0.1, 0.15) is 271 Å². The van der Waals surface area contributed by atoms with Gasteiger partial charge in [-0.1, -0.05) is 423 Å². The number of aryl methyl sites for hydroxylation is 4. The predicted octanol–water partition coefficient (Wildman–Crippen LogP) is 29.7. The van der Waals surface area contributed by atoms with Gasteiger partial charge >= 0.3 is 0 Å². The summed E-state index contributed by atoms with van der Waals surface area (Å²) in [4.78, 5) is 0. The lowest BCUT2D eigenvalue weighted by Gasteiger charge is -2.34. The largest absolute Gasteiger partial charge is 0.0713 e. The number of hydrogen-bond donors (Lipinski definition) is 0. The molecule has 0 heteroatoms. The van der Waals surface area contributed by atoms with E-state index in [1.807, 2.05) is 0 Å². The van der Waals surface area contributed by atoms with Gasteiger partial charge in [0.1, 0.15) is 0 Å². The van der Waals surface area contributed by atoms with E-state index in [9.17, 15) is 0 Å². The van der Waals surface area contributed by atoms with Gasteiger partial charge in [0.25, 0.3) is 0 Å². The highest BCUT2D eigenvalue weighted by Crippen LogP contribution is 2.59. The predicted molar refractivity (Wildman–Crippen MR) is 451 cm³/mol. The molecule has 0 spiro atoms. The van der Waals surface area contributed by atoms with Crippen LogP contribution in [0, 0.1) is 0 Å². The number of fused-ring (bicyclic) bond motifs is 6. The summed E-state index contributed by atoms with van der Waals surface area (Å²) in [6.07, 6.45) is 45.1. The molecule has 104 heavy (non-hydrogen) atoms. The third kappa shape index (κ3) is 17.0. The Labute approximate surface area is 626 Å². The van der Waals surface area contributed by atoms with E-state index >= 15 is 0 Å². The van der Waals surface area contributed by atoms with Gasteiger partial charge in [0, 0.05) is 0 Å². The Morgan fingerprint density at radius 3 is 0.712 bits per heavy atom. The lowest BCUT2D eigenvalue weighted by Crippen LogP contribution is -2.28. The number of rotatable bonds is 38. The van der Waals surface area contributed by atoms with Crippen molar-refractivity contribution in [2.45, 2.75) is 218 Å². The highest BCUT2D eigenvalue weighted by atomic mass is 14.5. The summed E-state index contributed by atoms with van der Waals surface area (Å²) in [5.41, 5.74) is 30.7. The van der Waals surface area contributed by atoms with Gasteiger partial charge in [-0.3, -0.25) is 0 Å². The molecule has 13 rings (SSSR count). The van der Waals surface area contributed by atoms with Crippen LogP contribution in [0.5, 0.6) is 0 Å². The molecular formula is C104H114. The SMILES string of the molecule is CCCCCCCCc1ccc(C2(c3ccc(CCCCCCCC)cc3)c3ccccc3-c3ccc(-c4ccc(/C=C/c5ccc(/C=C/c6ccc(-c7ccc8c(c7)C(c7ccc(CCCCCCCC)cc7)(c7ccc(CCCCCCCC)cc7)c7ccccc7-8)cc6)cc5)cc4)cc32)cc1. The maximum absolute atomic E-state index is 2.52. The molecular weight excluding hydrogens is 1250 g/mol. The fourth-order valence-electron chi connectivity index (χ4n) is 17.3. The van der Waals surface area contributed by atoms with Gasteiger partial charge in [-0.05, 0) is 197 Å². The zero-order valence-electron chi connectivity index (χ0n) is 63.4. The van der Waals surface area contributed by atoms with Crippen LogP contribution in [0.3, 0.4) is 0 Å². The minimum Gasteiger partial charge on any atom is -0.0654 e. The van der Waals surface area contributed by atoms with Crippen LogP contribution >= 0.6 is 0 Å². The number of benzene rings is 11. The molecule has 0 saturated heterocycles. The van der Waals surface area contributed by atoms with Crippen molar-refractivity contribution >= 4 is 24.3 Å². The van der Waals surface area contributed by atoms with Crippen molar-refractivity contribution < 1.29 is 0 Å². The lowest BCUT2D eigenvalue weighted by molar-refractivity contribution is 0.607. The number of hydrogen-bond acceptors (Lipinski definition) is 0. The highest BCUT2D eigenvalue weighted by molar-refractivity contribution is 5.90. The summed E-state index contributed by atoms with van der Waals surface area (Å²) in [5, 5.41) is 0. The Hall–Kier alpha value is -9.10. The molecule has 2 aliphatic carbocycles. The first kappa shape index (κ1) is 73.2. The van der Waals surface area contributed by atoms with Gasteiger partial charge in [0.05, 0.1) is 10.8 Å². The second kappa shape index (κ2) is 36.6. The highest BCUT2D eigenvalue weighted by Gasteiger charge is 2.48. The van der Waals surface area contributed by atoms with E-state index in [4.69, 9.17) is 0 Å². The molecule has 0 unspecified atom stereocenters. The minimum atomic E-state index is -0.449. The van der Waals surface area contributed by atoms with Crippen LogP contribution in [-0.2, 0) is 36.5 Å². The van der Waals surface area contributed by atoms with Crippen molar-refractivity contribution in [1.29, 1.82) is 0 Å². The molecule has 2 aliphatic rings. The Kier molecular flexibility index (Phi) is 25.7. The second-order valence-corrected chi connectivity index (χ2v) is 30.5. The first-order valence-electron chi connectivity index (χ1n) is 40.9. The fraction of sp³-hybridized carbons (Fsp3) is 0.327. The minimum absolute atomic E-state index is 0.449. The molecule has 0 atom stereocenters.